The van der Waals surface area contributed by atoms with E-state index >= 15 is 0 Å². The molecule has 38 heavy (non-hydrogen) atoms. The second-order valence-corrected chi connectivity index (χ2v) is 9.67. The van der Waals surface area contributed by atoms with Crippen LogP contribution in [-0.2, 0) is 22.4 Å². The van der Waals surface area contributed by atoms with Gasteiger partial charge in [0.25, 0.3) is 0 Å². The Morgan fingerprint density at radius 3 is 2.11 bits per heavy atom. The van der Waals surface area contributed by atoms with Crippen LogP contribution in [-0.4, -0.2) is 52.9 Å². The van der Waals surface area contributed by atoms with E-state index in [2.05, 4.69) is 21.6 Å². The lowest BCUT2D eigenvalue weighted by atomic mass is 10.0. The summed E-state index contributed by atoms with van der Waals surface area (Å²) >= 11 is 11.9. The SMILES string of the molecule is O=C(CCCc1cccc(N(CCCl)CCCl)c1)NC(Cc1ccc(O)cc1)C(=O)Nc1ccc(O)cc1. The Labute approximate surface area is 233 Å². The highest BCUT2D eigenvalue weighted by Gasteiger charge is 2.21. The molecule has 9 heteroatoms. The lowest BCUT2D eigenvalue weighted by molar-refractivity contribution is -0.126. The van der Waals surface area contributed by atoms with Crippen LogP contribution < -0.4 is 15.5 Å². The maximum atomic E-state index is 13.0. The fourth-order valence-electron chi connectivity index (χ4n) is 4.05. The number of rotatable bonds is 14. The minimum Gasteiger partial charge on any atom is -0.508 e. The number of carbonyl (C=O) groups is 2. The number of hydrogen-bond donors (Lipinski definition) is 4. The predicted molar refractivity (Wildman–Crippen MR) is 154 cm³/mol. The molecule has 1 unspecified atom stereocenters. The molecule has 3 aromatic carbocycles. The van der Waals surface area contributed by atoms with Crippen LogP contribution in [0.25, 0.3) is 0 Å². The standard InChI is InChI=1S/C29H33Cl2N3O4/c30-15-17-34(18-16-31)24-5-1-3-21(19-24)4-2-6-28(37)33-27(20-22-7-11-25(35)12-8-22)29(38)32-23-9-13-26(36)14-10-23/h1,3,5,7-14,19,27,35-36H,2,4,6,15-18,20H2,(H,32,38)(H,33,37). The summed E-state index contributed by atoms with van der Waals surface area (Å²) in [6, 6.07) is 20.0. The molecule has 0 heterocycles. The fraction of sp³-hybridized carbons (Fsp3) is 0.310. The molecule has 0 fully saturated rings. The molecule has 0 aromatic heterocycles. The number of benzene rings is 3. The summed E-state index contributed by atoms with van der Waals surface area (Å²) in [5, 5.41) is 24.7. The maximum Gasteiger partial charge on any atom is 0.247 e. The third kappa shape index (κ3) is 9.47. The van der Waals surface area contributed by atoms with E-state index in [-0.39, 0.29) is 36.2 Å². The summed E-state index contributed by atoms with van der Waals surface area (Å²) in [5.41, 5.74) is 3.46. The number of carbonyl (C=O) groups excluding carboxylic acids is 2. The topological polar surface area (TPSA) is 102 Å². The van der Waals surface area contributed by atoms with Gasteiger partial charge in [0.1, 0.15) is 17.5 Å². The minimum atomic E-state index is -0.816. The van der Waals surface area contributed by atoms with E-state index in [0.29, 0.717) is 43.4 Å². The molecule has 0 saturated carbocycles. The zero-order valence-electron chi connectivity index (χ0n) is 21.1. The van der Waals surface area contributed by atoms with Crippen LogP contribution in [0.3, 0.4) is 0 Å². The van der Waals surface area contributed by atoms with Gasteiger partial charge in [-0.05, 0) is 72.5 Å². The Hall–Kier alpha value is -3.42. The van der Waals surface area contributed by atoms with E-state index in [1.165, 1.54) is 12.1 Å². The highest BCUT2D eigenvalue weighted by Crippen LogP contribution is 2.19. The molecule has 1 atom stereocenters. The summed E-state index contributed by atoms with van der Waals surface area (Å²) in [7, 11) is 0. The van der Waals surface area contributed by atoms with Gasteiger partial charge >= 0.3 is 0 Å². The molecule has 7 nitrogen and oxygen atoms in total. The fourth-order valence-corrected chi connectivity index (χ4v) is 4.46. The van der Waals surface area contributed by atoms with Crippen molar-refractivity contribution in [1.29, 1.82) is 0 Å². The van der Waals surface area contributed by atoms with Gasteiger partial charge in [0, 0.05) is 49.1 Å². The third-order valence-electron chi connectivity index (χ3n) is 6.02. The minimum absolute atomic E-state index is 0.0910. The molecular weight excluding hydrogens is 525 g/mol. The van der Waals surface area contributed by atoms with Gasteiger partial charge in [-0.15, -0.1) is 23.2 Å². The number of hydrogen-bond acceptors (Lipinski definition) is 5. The summed E-state index contributed by atoms with van der Waals surface area (Å²) in [5.74, 6) is 0.633. The number of aryl methyl sites for hydroxylation is 1. The van der Waals surface area contributed by atoms with Gasteiger partial charge in [0.15, 0.2) is 0 Å². The van der Waals surface area contributed by atoms with E-state index in [1.54, 1.807) is 36.4 Å². The van der Waals surface area contributed by atoms with Crippen LogP contribution in [0.4, 0.5) is 11.4 Å². The van der Waals surface area contributed by atoms with E-state index in [4.69, 9.17) is 23.2 Å². The van der Waals surface area contributed by atoms with Gasteiger partial charge in [-0.2, -0.15) is 0 Å². The number of halogens is 2. The van der Waals surface area contributed by atoms with Crippen LogP contribution in [0.15, 0.2) is 72.8 Å². The Morgan fingerprint density at radius 1 is 0.842 bits per heavy atom. The number of nitrogens with zero attached hydrogens (tertiary/aromatic N) is 1. The molecule has 0 spiro atoms. The molecule has 0 aliphatic carbocycles. The number of amides is 2. The lowest BCUT2D eigenvalue weighted by Crippen LogP contribution is -2.45. The first kappa shape index (κ1) is 29.1. The van der Waals surface area contributed by atoms with Gasteiger partial charge in [0.2, 0.25) is 11.8 Å². The monoisotopic (exact) mass is 557 g/mol. The molecule has 2 amide bonds. The zero-order valence-corrected chi connectivity index (χ0v) is 22.6. The summed E-state index contributed by atoms with van der Waals surface area (Å²) < 4.78 is 0. The molecule has 0 radical (unpaired) electrons. The lowest BCUT2D eigenvalue weighted by Gasteiger charge is -2.23. The van der Waals surface area contributed by atoms with E-state index in [1.807, 2.05) is 18.2 Å². The van der Waals surface area contributed by atoms with Gasteiger partial charge in [-0.3, -0.25) is 9.59 Å². The molecule has 0 aliphatic heterocycles. The van der Waals surface area contributed by atoms with Gasteiger partial charge in [-0.25, -0.2) is 0 Å². The van der Waals surface area contributed by atoms with Crippen molar-refractivity contribution in [3.63, 3.8) is 0 Å². The van der Waals surface area contributed by atoms with Crippen LogP contribution in [0.5, 0.6) is 11.5 Å². The van der Waals surface area contributed by atoms with Crippen molar-refractivity contribution in [1.82, 2.24) is 5.32 Å². The van der Waals surface area contributed by atoms with E-state index in [9.17, 15) is 19.8 Å². The highest BCUT2D eigenvalue weighted by atomic mass is 35.5. The number of alkyl halides is 2. The van der Waals surface area contributed by atoms with Crippen LogP contribution in [0, 0.1) is 0 Å². The van der Waals surface area contributed by atoms with Crippen LogP contribution >= 0.6 is 23.2 Å². The molecule has 4 N–H and O–H groups in total. The number of phenolic OH excluding ortho intramolecular Hbond substituents is 2. The molecule has 0 aliphatic rings. The third-order valence-corrected chi connectivity index (χ3v) is 6.35. The summed E-state index contributed by atoms with van der Waals surface area (Å²) in [6.45, 7) is 1.41. The Kier molecular flexibility index (Phi) is 11.6. The maximum absolute atomic E-state index is 13.0. The number of nitrogens with one attached hydrogen (secondary N) is 2. The zero-order chi connectivity index (χ0) is 27.3. The number of anilines is 2. The second kappa shape index (κ2) is 15.1. The highest BCUT2D eigenvalue weighted by molar-refractivity contribution is 6.18. The van der Waals surface area contributed by atoms with E-state index in [0.717, 1.165) is 16.8 Å². The smallest absolute Gasteiger partial charge is 0.247 e. The summed E-state index contributed by atoms with van der Waals surface area (Å²) in [6.07, 6.45) is 1.84. The van der Waals surface area contributed by atoms with Crippen molar-refractivity contribution in [2.75, 3.05) is 35.1 Å². The van der Waals surface area contributed by atoms with Crippen LogP contribution in [0.2, 0.25) is 0 Å². The molecule has 202 valence electrons. The van der Waals surface area contributed by atoms with Crippen LogP contribution in [0.1, 0.15) is 24.0 Å². The normalized spacial score (nSPS) is 11.5. The van der Waals surface area contributed by atoms with Crippen molar-refractivity contribution >= 4 is 46.4 Å². The predicted octanol–water partition coefficient (Wildman–Crippen LogP) is 5.07. The Bertz CT molecular complexity index is 1170. The van der Waals surface area contributed by atoms with Crippen molar-refractivity contribution in [3.05, 3.63) is 83.9 Å². The Morgan fingerprint density at radius 2 is 1.47 bits per heavy atom. The van der Waals surface area contributed by atoms with Crippen molar-refractivity contribution < 1.29 is 19.8 Å². The van der Waals surface area contributed by atoms with Crippen molar-refractivity contribution in [2.45, 2.75) is 31.7 Å². The quantitative estimate of drug-likeness (QED) is 0.164. The average molecular weight is 559 g/mol. The summed E-state index contributed by atoms with van der Waals surface area (Å²) in [4.78, 5) is 28.0. The van der Waals surface area contributed by atoms with Crippen molar-refractivity contribution in [2.24, 2.45) is 0 Å². The molecule has 0 saturated heterocycles. The second-order valence-electron chi connectivity index (χ2n) is 8.92. The Balaban J connectivity index is 1.60. The van der Waals surface area contributed by atoms with Gasteiger partial charge in [-0.1, -0.05) is 24.3 Å². The molecule has 3 rings (SSSR count). The molecule has 0 bridgehead atoms. The largest absolute Gasteiger partial charge is 0.508 e. The van der Waals surface area contributed by atoms with Gasteiger partial charge in [0.05, 0.1) is 0 Å². The van der Waals surface area contributed by atoms with Gasteiger partial charge < -0.3 is 25.7 Å². The number of aromatic hydroxyl groups is 2. The first-order chi connectivity index (χ1) is 18.4. The first-order valence-electron chi connectivity index (χ1n) is 12.5. The average Bonchev–Trinajstić information content (AvgIpc) is 2.91. The van der Waals surface area contributed by atoms with E-state index < -0.39 is 6.04 Å². The molecular formula is C29H33Cl2N3O4. The number of phenols is 2. The molecule has 3 aromatic rings. The first-order valence-corrected chi connectivity index (χ1v) is 13.6. The van der Waals surface area contributed by atoms with Crippen molar-refractivity contribution in [3.8, 4) is 11.5 Å².